The van der Waals surface area contributed by atoms with Gasteiger partial charge in [-0.1, -0.05) is 12.8 Å². The Hall–Kier alpha value is -1.59. The molecule has 2 N–H and O–H groups in total. The van der Waals surface area contributed by atoms with E-state index in [4.69, 9.17) is 0 Å². The Labute approximate surface area is 125 Å². The van der Waals surface area contributed by atoms with E-state index >= 15 is 0 Å². The second-order valence-corrected chi connectivity index (χ2v) is 6.05. The molecule has 118 valence electrons. The summed E-state index contributed by atoms with van der Waals surface area (Å²) in [5, 5.41) is 5.64. The fourth-order valence-corrected chi connectivity index (χ4v) is 2.95. The predicted molar refractivity (Wildman–Crippen MR) is 78.4 cm³/mol. The summed E-state index contributed by atoms with van der Waals surface area (Å²) < 4.78 is 0. The molecule has 2 rings (SSSR count). The maximum atomic E-state index is 12.0. The first-order chi connectivity index (χ1) is 10.1. The molecule has 1 aliphatic heterocycles. The maximum absolute atomic E-state index is 12.0. The van der Waals surface area contributed by atoms with Gasteiger partial charge in [0.05, 0.1) is 6.54 Å². The molecule has 0 aromatic carbocycles. The maximum Gasteiger partial charge on any atom is 0.242 e. The Balaban J connectivity index is 1.72. The molecule has 1 aliphatic carbocycles. The number of nitrogens with zero attached hydrogens (tertiary/aromatic N) is 1. The van der Waals surface area contributed by atoms with Crippen LogP contribution in [0.4, 0.5) is 0 Å². The lowest BCUT2D eigenvalue weighted by Gasteiger charge is -2.26. The standard InChI is InChI=1S/C15H25N3O3/c1-11(15(21)17-12-6-2-3-7-12)16-13(19)10-18-9-5-4-8-14(18)20/h11-12H,2-10H2,1H3,(H,16,19)(H,17,21)/t11-/m0/s1. The molecule has 0 unspecified atom stereocenters. The van der Waals surface area contributed by atoms with Crippen molar-refractivity contribution < 1.29 is 14.4 Å². The molecular weight excluding hydrogens is 270 g/mol. The number of carbonyl (C=O) groups excluding carboxylic acids is 3. The molecule has 21 heavy (non-hydrogen) atoms. The number of piperidine rings is 1. The van der Waals surface area contributed by atoms with Crippen LogP contribution in [-0.4, -0.2) is 47.8 Å². The van der Waals surface area contributed by atoms with Gasteiger partial charge in [-0.15, -0.1) is 0 Å². The van der Waals surface area contributed by atoms with Gasteiger partial charge in [-0.25, -0.2) is 0 Å². The predicted octanol–water partition coefficient (Wildman–Crippen LogP) is 0.562. The molecule has 6 nitrogen and oxygen atoms in total. The topological polar surface area (TPSA) is 78.5 Å². The molecule has 6 heteroatoms. The molecule has 1 atom stereocenters. The Morgan fingerprint density at radius 1 is 1.24 bits per heavy atom. The number of nitrogens with one attached hydrogen (secondary N) is 2. The molecular formula is C15H25N3O3. The van der Waals surface area contributed by atoms with Crippen molar-refractivity contribution in [2.45, 2.75) is 64.0 Å². The van der Waals surface area contributed by atoms with E-state index in [1.165, 1.54) is 0 Å². The lowest BCUT2D eigenvalue weighted by atomic mass is 10.1. The monoisotopic (exact) mass is 295 g/mol. The minimum absolute atomic E-state index is 0.0273. The first-order valence-corrected chi connectivity index (χ1v) is 7.94. The van der Waals surface area contributed by atoms with Crippen molar-refractivity contribution >= 4 is 17.7 Å². The highest BCUT2D eigenvalue weighted by Gasteiger charge is 2.24. The van der Waals surface area contributed by atoms with Crippen molar-refractivity contribution in [3.8, 4) is 0 Å². The van der Waals surface area contributed by atoms with Gasteiger partial charge in [0, 0.05) is 19.0 Å². The van der Waals surface area contributed by atoms with Crippen molar-refractivity contribution in [3.63, 3.8) is 0 Å². The van der Waals surface area contributed by atoms with Crippen molar-refractivity contribution in [3.05, 3.63) is 0 Å². The molecule has 2 aliphatic rings. The highest BCUT2D eigenvalue weighted by molar-refractivity contribution is 5.90. The zero-order valence-electron chi connectivity index (χ0n) is 12.7. The molecule has 0 aromatic rings. The third-order valence-corrected chi connectivity index (χ3v) is 4.23. The second-order valence-electron chi connectivity index (χ2n) is 6.05. The van der Waals surface area contributed by atoms with Crippen molar-refractivity contribution in [2.24, 2.45) is 0 Å². The zero-order valence-corrected chi connectivity index (χ0v) is 12.7. The third-order valence-electron chi connectivity index (χ3n) is 4.23. The summed E-state index contributed by atoms with van der Waals surface area (Å²) in [7, 11) is 0. The number of likely N-dealkylation sites (tertiary alicyclic amines) is 1. The lowest BCUT2D eigenvalue weighted by Crippen LogP contribution is -2.50. The van der Waals surface area contributed by atoms with Crippen LogP contribution in [0.1, 0.15) is 51.9 Å². The van der Waals surface area contributed by atoms with Gasteiger partial charge in [0.25, 0.3) is 0 Å². The quantitative estimate of drug-likeness (QED) is 0.778. The zero-order chi connectivity index (χ0) is 15.2. The summed E-state index contributed by atoms with van der Waals surface area (Å²) >= 11 is 0. The number of amides is 3. The van der Waals surface area contributed by atoms with Crippen LogP contribution in [0, 0.1) is 0 Å². The van der Waals surface area contributed by atoms with Crippen LogP contribution in [0.25, 0.3) is 0 Å². The van der Waals surface area contributed by atoms with Crippen LogP contribution in [0.3, 0.4) is 0 Å². The number of carbonyl (C=O) groups is 3. The molecule has 0 radical (unpaired) electrons. The molecule has 1 saturated carbocycles. The van der Waals surface area contributed by atoms with Crippen molar-refractivity contribution in [1.29, 1.82) is 0 Å². The van der Waals surface area contributed by atoms with Crippen LogP contribution < -0.4 is 10.6 Å². The number of hydrogen-bond donors (Lipinski definition) is 2. The van der Waals surface area contributed by atoms with E-state index in [0.717, 1.165) is 38.5 Å². The van der Waals surface area contributed by atoms with Gasteiger partial charge >= 0.3 is 0 Å². The Morgan fingerprint density at radius 2 is 1.95 bits per heavy atom. The number of hydrogen-bond acceptors (Lipinski definition) is 3. The fourth-order valence-electron chi connectivity index (χ4n) is 2.95. The lowest BCUT2D eigenvalue weighted by molar-refractivity contribution is -0.138. The average Bonchev–Trinajstić information content (AvgIpc) is 2.94. The summed E-state index contributed by atoms with van der Waals surface area (Å²) in [4.78, 5) is 37.1. The third kappa shape index (κ3) is 4.72. The summed E-state index contributed by atoms with van der Waals surface area (Å²) in [6.07, 6.45) is 6.72. The molecule has 1 saturated heterocycles. The Kier molecular flexibility index (Phi) is 5.59. The van der Waals surface area contributed by atoms with Gasteiger partial charge in [0.2, 0.25) is 17.7 Å². The smallest absolute Gasteiger partial charge is 0.242 e. The van der Waals surface area contributed by atoms with Crippen LogP contribution in [-0.2, 0) is 14.4 Å². The Morgan fingerprint density at radius 3 is 2.62 bits per heavy atom. The van der Waals surface area contributed by atoms with E-state index in [1.807, 2.05) is 0 Å². The number of rotatable bonds is 5. The highest BCUT2D eigenvalue weighted by Crippen LogP contribution is 2.17. The molecule has 0 spiro atoms. The molecule has 1 heterocycles. The first kappa shape index (κ1) is 15.8. The van der Waals surface area contributed by atoms with Crippen molar-refractivity contribution in [1.82, 2.24) is 15.5 Å². The second kappa shape index (κ2) is 7.43. The van der Waals surface area contributed by atoms with Crippen LogP contribution in [0.15, 0.2) is 0 Å². The van der Waals surface area contributed by atoms with E-state index in [-0.39, 0.29) is 30.3 Å². The minimum Gasteiger partial charge on any atom is -0.352 e. The van der Waals surface area contributed by atoms with E-state index in [2.05, 4.69) is 10.6 Å². The van der Waals surface area contributed by atoms with Gasteiger partial charge in [0.15, 0.2) is 0 Å². The summed E-state index contributed by atoms with van der Waals surface area (Å²) in [5.74, 6) is -0.376. The Bertz CT molecular complexity index is 405. The van der Waals surface area contributed by atoms with Crippen LogP contribution in [0.2, 0.25) is 0 Å². The normalized spacial score (nSPS) is 21.2. The summed E-state index contributed by atoms with van der Waals surface area (Å²) in [6, 6.07) is -0.307. The van der Waals surface area contributed by atoms with Crippen molar-refractivity contribution in [2.75, 3.05) is 13.1 Å². The summed E-state index contributed by atoms with van der Waals surface area (Å²) in [5.41, 5.74) is 0. The summed E-state index contributed by atoms with van der Waals surface area (Å²) in [6.45, 7) is 2.37. The van der Waals surface area contributed by atoms with Gasteiger partial charge in [-0.05, 0) is 32.6 Å². The molecule has 2 fully saturated rings. The molecule has 0 aromatic heterocycles. The van der Waals surface area contributed by atoms with Gasteiger partial charge in [0.1, 0.15) is 6.04 Å². The van der Waals surface area contributed by atoms with Gasteiger partial charge < -0.3 is 15.5 Å². The molecule has 3 amide bonds. The van der Waals surface area contributed by atoms with Gasteiger partial charge in [-0.3, -0.25) is 14.4 Å². The minimum atomic E-state index is -0.557. The first-order valence-electron chi connectivity index (χ1n) is 7.94. The SMILES string of the molecule is C[C@H](NC(=O)CN1CCCCC1=O)C(=O)NC1CCCC1. The fraction of sp³-hybridized carbons (Fsp3) is 0.800. The van der Waals surface area contributed by atoms with Crippen LogP contribution >= 0.6 is 0 Å². The van der Waals surface area contributed by atoms with E-state index < -0.39 is 6.04 Å². The van der Waals surface area contributed by atoms with Crippen LogP contribution in [0.5, 0.6) is 0 Å². The van der Waals surface area contributed by atoms with E-state index in [9.17, 15) is 14.4 Å². The van der Waals surface area contributed by atoms with E-state index in [0.29, 0.717) is 13.0 Å². The molecule has 0 bridgehead atoms. The van der Waals surface area contributed by atoms with E-state index in [1.54, 1.807) is 11.8 Å². The highest BCUT2D eigenvalue weighted by atomic mass is 16.2. The largest absolute Gasteiger partial charge is 0.352 e. The van der Waals surface area contributed by atoms with Gasteiger partial charge in [-0.2, -0.15) is 0 Å². The average molecular weight is 295 g/mol.